The standard InChI is InChI=1S/C9H15N3O2/c1-3-11-8-6-10-7-9(12-8)14-5-4-13-2/h6-7H,3-5H2,1-2H3,(H,11,12). The summed E-state index contributed by atoms with van der Waals surface area (Å²) in [5, 5.41) is 3.05. The zero-order valence-corrected chi connectivity index (χ0v) is 8.49. The van der Waals surface area contributed by atoms with Crippen LogP contribution in [0.3, 0.4) is 0 Å². The normalized spacial score (nSPS) is 9.86. The van der Waals surface area contributed by atoms with Crippen LogP contribution in [0, 0.1) is 0 Å². The van der Waals surface area contributed by atoms with Crippen molar-refractivity contribution >= 4 is 5.82 Å². The Balaban J connectivity index is 2.46. The van der Waals surface area contributed by atoms with Crippen molar-refractivity contribution in [2.45, 2.75) is 6.92 Å². The molecule has 0 saturated carbocycles. The van der Waals surface area contributed by atoms with Crippen molar-refractivity contribution in [2.75, 3.05) is 32.2 Å². The molecule has 0 aromatic carbocycles. The van der Waals surface area contributed by atoms with Crippen LogP contribution in [0.1, 0.15) is 6.92 Å². The second kappa shape index (κ2) is 6.15. The van der Waals surface area contributed by atoms with E-state index in [0.717, 1.165) is 12.4 Å². The molecule has 1 heterocycles. The van der Waals surface area contributed by atoms with Crippen LogP contribution in [0.5, 0.6) is 5.88 Å². The molecule has 1 rings (SSSR count). The van der Waals surface area contributed by atoms with Gasteiger partial charge in [0.2, 0.25) is 5.88 Å². The fourth-order valence-electron chi connectivity index (χ4n) is 0.913. The lowest BCUT2D eigenvalue weighted by molar-refractivity contribution is 0.143. The fraction of sp³-hybridized carbons (Fsp3) is 0.556. The number of rotatable bonds is 6. The van der Waals surface area contributed by atoms with E-state index in [1.807, 2.05) is 6.92 Å². The van der Waals surface area contributed by atoms with Gasteiger partial charge in [-0.15, -0.1) is 0 Å². The predicted octanol–water partition coefficient (Wildman–Crippen LogP) is 0.934. The molecule has 0 unspecified atom stereocenters. The third kappa shape index (κ3) is 3.57. The summed E-state index contributed by atoms with van der Waals surface area (Å²) in [6.45, 7) is 3.85. The smallest absolute Gasteiger partial charge is 0.234 e. The Morgan fingerprint density at radius 3 is 2.93 bits per heavy atom. The van der Waals surface area contributed by atoms with Crippen molar-refractivity contribution in [1.82, 2.24) is 9.97 Å². The fourth-order valence-corrected chi connectivity index (χ4v) is 0.913. The number of anilines is 1. The minimum absolute atomic E-state index is 0.487. The van der Waals surface area contributed by atoms with Gasteiger partial charge in [0.15, 0.2) is 0 Å². The molecule has 5 heteroatoms. The third-order valence-electron chi connectivity index (χ3n) is 1.51. The number of nitrogens with one attached hydrogen (secondary N) is 1. The molecule has 1 aromatic heterocycles. The van der Waals surface area contributed by atoms with Crippen molar-refractivity contribution in [3.05, 3.63) is 12.4 Å². The van der Waals surface area contributed by atoms with E-state index >= 15 is 0 Å². The minimum Gasteiger partial charge on any atom is -0.474 e. The molecule has 1 N–H and O–H groups in total. The molecule has 0 radical (unpaired) electrons. The molecule has 14 heavy (non-hydrogen) atoms. The molecule has 0 bridgehead atoms. The van der Waals surface area contributed by atoms with E-state index in [2.05, 4.69) is 15.3 Å². The number of ether oxygens (including phenoxy) is 2. The van der Waals surface area contributed by atoms with Crippen LogP contribution in [-0.2, 0) is 4.74 Å². The molecule has 0 atom stereocenters. The van der Waals surface area contributed by atoms with Gasteiger partial charge in [-0.3, -0.25) is 4.98 Å². The highest BCUT2D eigenvalue weighted by Crippen LogP contribution is 2.08. The number of hydrogen-bond acceptors (Lipinski definition) is 5. The Hall–Kier alpha value is -1.36. The van der Waals surface area contributed by atoms with Crippen LogP contribution in [0.2, 0.25) is 0 Å². The van der Waals surface area contributed by atoms with Crippen molar-refractivity contribution in [3.63, 3.8) is 0 Å². The minimum atomic E-state index is 0.487. The zero-order chi connectivity index (χ0) is 10.2. The molecular weight excluding hydrogens is 182 g/mol. The Bertz CT molecular complexity index is 268. The van der Waals surface area contributed by atoms with Crippen LogP contribution >= 0.6 is 0 Å². The van der Waals surface area contributed by atoms with Gasteiger partial charge in [-0.2, -0.15) is 4.98 Å². The summed E-state index contributed by atoms with van der Waals surface area (Å²) in [5.74, 6) is 1.24. The lowest BCUT2D eigenvalue weighted by Crippen LogP contribution is -2.07. The first-order valence-corrected chi connectivity index (χ1v) is 4.54. The van der Waals surface area contributed by atoms with Crippen molar-refractivity contribution < 1.29 is 9.47 Å². The Morgan fingerprint density at radius 2 is 2.21 bits per heavy atom. The summed E-state index contributed by atoms with van der Waals surface area (Å²) in [6.07, 6.45) is 3.24. The number of methoxy groups -OCH3 is 1. The lowest BCUT2D eigenvalue weighted by Gasteiger charge is -2.06. The number of nitrogens with zero attached hydrogens (tertiary/aromatic N) is 2. The number of hydrogen-bond donors (Lipinski definition) is 1. The van der Waals surface area contributed by atoms with E-state index in [-0.39, 0.29) is 0 Å². The number of aromatic nitrogens is 2. The van der Waals surface area contributed by atoms with E-state index < -0.39 is 0 Å². The molecule has 0 aliphatic heterocycles. The van der Waals surface area contributed by atoms with E-state index in [9.17, 15) is 0 Å². The van der Waals surface area contributed by atoms with Gasteiger partial charge in [-0.25, -0.2) is 0 Å². The molecule has 78 valence electrons. The van der Waals surface area contributed by atoms with Crippen LogP contribution in [0.15, 0.2) is 12.4 Å². The maximum absolute atomic E-state index is 5.29. The summed E-state index contributed by atoms with van der Waals surface area (Å²) in [4.78, 5) is 8.17. The van der Waals surface area contributed by atoms with Gasteiger partial charge in [0.25, 0.3) is 0 Å². The summed E-state index contributed by atoms with van der Waals surface area (Å²) < 4.78 is 10.1. The predicted molar refractivity (Wildman–Crippen MR) is 53.6 cm³/mol. The van der Waals surface area contributed by atoms with E-state index in [4.69, 9.17) is 9.47 Å². The zero-order valence-electron chi connectivity index (χ0n) is 8.49. The van der Waals surface area contributed by atoms with Crippen LogP contribution in [0.25, 0.3) is 0 Å². The second-order valence-electron chi connectivity index (χ2n) is 2.61. The summed E-state index contributed by atoms with van der Waals surface area (Å²) >= 11 is 0. The summed E-state index contributed by atoms with van der Waals surface area (Å²) in [7, 11) is 1.63. The van der Waals surface area contributed by atoms with Gasteiger partial charge in [-0.1, -0.05) is 0 Å². The van der Waals surface area contributed by atoms with Gasteiger partial charge in [0, 0.05) is 13.7 Å². The third-order valence-corrected chi connectivity index (χ3v) is 1.51. The molecule has 0 fully saturated rings. The average molecular weight is 197 g/mol. The Morgan fingerprint density at radius 1 is 1.36 bits per heavy atom. The molecule has 1 aromatic rings. The van der Waals surface area contributed by atoms with Gasteiger partial charge in [0.05, 0.1) is 19.0 Å². The topological polar surface area (TPSA) is 56.3 Å². The first-order chi connectivity index (χ1) is 6.86. The van der Waals surface area contributed by atoms with Crippen LogP contribution in [-0.4, -0.2) is 36.8 Å². The molecule has 0 spiro atoms. The van der Waals surface area contributed by atoms with E-state index in [1.165, 1.54) is 0 Å². The molecule has 0 aliphatic carbocycles. The van der Waals surface area contributed by atoms with E-state index in [0.29, 0.717) is 19.1 Å². The Labute approximate surface area is 83.5 Å². The lowest BCUT2D eigenvalue weighted by atomic mass is 10.6. The summed E-state index contributed by atoms with van der Waals surface area (Å²) in [6, 6.07) is 0. The SMILES string of the molecule is CCNc1cncc(OCCOC)n1. The van der Waals surface area contributed by atoms with Gasteiger partial charge < -0.3 is 14.8 Å². The van der Waals surface area contributed by atoms with Gasteiger partial charge in [-0.05, 0) is 6.92 Å². The highest BCUT2D eigenvalue weighted by molar-refractivity contribution is 5.32. The maximum atomic E-state index is 5.29. The van der Waals surface area contributed by atoms with Gasteiger partial charge in [0.1, 0.15) is 12.4 Å². The van der Waals surface area contributed by atoms with Crippen LogP contribution < -0.4 is 10.1 Å². The molecule has 5 nitrogen and oxygen atoms in total. The average Bonchev–Trinajstić information content (AvgIpc) is 2.19. The highest BCUT2D eigenvalue weighted by atomic mass is 16.5. The molecule has 0 aliphatic rings. The highest BCUT2D eigenvalue weighted by Gasteiger charge is 1.97. The van der Waals surface area contributed by atoms with Gasteiger partial charge >= 0.3 is 0 Å². The quantitative estimate of drug-likeness (QED) is 0.688. The first kappa shape index (κ1) is 10.7. The second-order valence-corrected chi connectivity index (χ2v) is 2.61. The monoisotopic (exact) mass is 197 g/mol. The Kier molecular flexibility index (Phi) is 4.71. The maximum Gasteiger partial charge on any atom is 0.234 e. The first-order valence-electron chi connectivity index (χ1n) is 4.54. The van der Waals surface area contributed by atoms with Crippen molar-refractivity contribution in [1.29, 1.82) is 0 Å². The molecular formula is C9H15N3O2. The largest absolute Gasteiger partial charge is 0.474 e. The summed E-state index contributed by atoms with van der Waals surface area (Å²) in [5.41, 5.74) is 0. The van der Waals surface area contributed by atoms with E-state index in [1.54, 1.807) is 19.5 Å². The van der Waals surface area contributed by atoms with Crippen molar-refractivity contribution in [3.8, 4) is 5.88 Å². The van der Waals surface area contributed by atoms with Crippen LogP contribution in [0.4, 0.5) is 5.82 Å². The van der Waals surface area contributed by atoms with Crippen molar-refractivity contribution in [2.24, 2.45) is 0 Å². The molecule has 0 amide bonds. The molecule has 0 saturated heterocycles.